The lowest BCUT2D eigenvalue weighted by atomic mass is 9.98. The highest BCUT2D eigenvalue weighted by atomic mass is 16.5. The second-order valence-electron chi connectivity index (χ2n) is 9.30. The van der Waals surface area contributed by atoms with E-state index < -0.39 is 0 Å². The molecule has 190 valence electrons. The van der Waals surface area contributed by atoms with Crippen LogP contribution in [0.3, 0.4) is 0 Å². The zero-order valence-corrected chi connectivity index (χ0v) is 21.7. The van der Waals surface area contributed by atoms with Gasteiger partial charge in [-0.05, 0) is 69.9 Å². The van der Waals surface area contributed by atoms with E-state index in [-0.39, 0.29) is 0 Å². The molecule has 2 aromatic carbocycles. The standard InChI is InChI=1S/C28H36N6O2/c1-6-12-29-28(32-26-19(2)8-7-9-20(26)3)33-27-22-15-24(35-5)25(16-23(22)30-18-31-27)36-17-21-10-13-34(4)14-11-21/h6-9,15-16,18,21H,1,10-14,17H2,2-5H3,(H2,29,30,31,32,33). The number of likely N-dealkylation sites (tertiary alicyclic amines) is 1. The summed E-state index contributed by atoms with van der Waals surface area (Å²) in [6.45, 7) is 11.4. The Labute approximate surface area is 213 Å². The first-order valence-corrected chi connectivity index (χ1v) is 12.4. The van der Waals surface area contributed by atoms with Crippen molar-refractivity contribution in [1.82, 2.24) is 20.2 Å². The van der Waals surface area contributed by atoms with Crippen LogP contribution in [0.25, 0.3) is 10.9 Å². The molecule has 1 aliphatic heterocycles. The Morgan fingerprint density at radius 1 is 1.17 bits per heavy atom. The molecule has 0 radical (unpaired) electrons. The van der Waals surface area contributed by atoms with Gasteiger partial charge in [0, 0.05) is 23.7 Å². The van der Waals surface area contributed by atoms with Crippen LogP contribution >= 0.6 is 0 Å². The van der Waals surface area contributed by atoms with Gasteiger partial charge in [-0.1, -0.05) is 24.3 Å². The lowest BCUT2D eigenvalue weighted by molar-refractivity contribution is 0.157. The van der Waals surface area contributed by atoms with Crippen LogP contribution in [0.2, 0.25) is 0 Å². The molecule has 0 aliphatic carbocycles. The van der Waals surface area contributed by atoms with E-state index in [4.69, 9.17) is 14.5 Å². The fraction of sp³-hybridized carbons (Fsp3) is 0.393. The van der Waals surface area contributed by atoms with Gasteiger partial charge in [-0.2, -0.15) is 4.99 Å². The van der Waals surface area contributed by atoms with Crippen molar-refractivity contribution in [3.63, 3.8) is 0 Å². The fourth-order valence-corrected chi connectivity index (χ4v) is 4.36. The van der Waals surface area contributed by atoms with Crippen LogP contribution in [0, 0.1) is 19.8 Å². The molecule has 0 spiro atoms. The Morgan fingerprint density at radius 3 is 2.61 bits per heavy atom. The minimum Gasteiger partial charge on any atom is -0.493 e. The van der Waals surface area contributed by atoms with Gasteiger partial charge in [-0.15, -0.1) is 6.58 Å². The van der Waals surface area contributed by atoms with Crippen LogP contribution < -0.4 is 20.1 Å². The Hall–Kier alpha value is -3.65. The molecule has 4 rings (SSSR count). The maximum atomic E-state index is 6.21. The molecular formula is C28H36N6O2. The molecule has 1 aromatic heterocycles. The lowest BCUT2D eigenvalue weighted by Gasteiger charge is -2.28. The number of ether oxygens (including phenoxy) is 2. The maximum Gasteiger partial charge on any atom is 0.202 e. The van der Waals surface area contributed by atoms with Crippen molar-refractivity contribution in [1.29, 1.82) is 0 Å². The summed E-state index contributed by atoms with van der Waals surface area (Å²) in [5.41, 5.74) is 4.01. The summed E-state index contributed by atoms with van der Waals surface area (Å²) in [5.74, 6) is 2.99. The van der Waals surface area contributed by atoms with Gasteiger partial charge in [0.2, 0.25) is 5.96 Å². The zero-order chi connectivity index (χ0) is 25.5. The lowest BCUT2D eigenvalue weighted by Crippen LogP contribution is -2.32. The van der Waals surface area contributed by atoms with Crippen LogP contribution in [0.15, 0.2) is 54.3 Å². The fourth-order valence-electron chi connectivity index (χ4n) is 4.36. The van der Waals surface area contributed by atoms with E-state index in [1.165, 1.54) is 6.33 Å². The van der Waals surface area contributed by atoms with E-state index in [1.807, 2.05) is 18.2 Å². The van der Waals surface area contributed by atoms with Crippen molar-refractivity contribution in [3.05, 3.63) is 60.4 Å². The summed E-state index contributed by atoms with van der Waals surface area (Å²) >= 11 is 0. The Morgan fingerprint density at radius 2 is 1.92 bits per heavy atom. The molecule has 0 saturated carbocycles. The van der Waals surface area contributed by atoms with E-state index >= 15 is 0 Å². The number of aliphatic imine (C=N–C) groups is 1. The first-order chi connectivity index (χ1) is 17.5. The molecule has 36 heavy (non-hydrogen) atoms. The van der Waals surface area contributed by atoms with Crippen LogP contribution in [0.4, 0.5) is 11.5 Å². The SMILES string of the molecule is C=CCN/C(=N\c1ncnc2cc(OCC3CCN(C)CC3)c(OC)cc12)Nc1c(C)cccc1C. The number of hydrogen-bond donors (Lipinski definition) is 2. The number of guanidine groups is 1. The maximum absolute atomic E-state index is 6.21. The van der Waals surface area contributed by atoms with Crippen molar-refractivity contribution in [2.75, 3.05) is 45.7 Å². The molecule has 8 heteroatoms. The highest BCUT2D eigenvalue weighted by Crippen LogP contribution is 2.35. The van der Waals surface area contributed by atoms with Crippen molar-refractivity contribution >= 4 is 28.4 Å². The summed E-state index contributed by atoms with van der Waals surface area (Å²) < 4.78 is 11.9. The monoisotopic (exact) mass is 488 g/mol. The van der Waals surface area contributed by atoms with Gasteiger partial charge in [0.15, 0.2) is 17.3 Å². The smallest absolute Gasteiger partial charge is 0.202 e. The summed E-state index contributed by atoms with van der Waals surface area (Å²) in [4.78, 5) is 16.1. The zero-order valence-electron chi connectivity index (χ0n) is 21.7. The molecule has 8 nitrogen and oxygen atoms in total. The van der Waals surface area contributed by atoms with Crippen molar-refractivity contribution in [2.45, 2.75) is 26.7 Å². The van der Waals surface area contributed by atoms with Crippen LogP contribution in [0.1, 0.15) is 24.0 Å². The molecule has 1 saturated heterocycles. The largest absolute Gasteiger partial charge is 0.493 e. The number of para-hydroxylation sites is 1. The molecule has 1 aliphatic rings. The summed E-state index contributed by atoms with van der Waals surface area (Å²) in [7, 11) is 3.81. The Kier molecular flexibility index (Phi) is 8.38. The number of anilines is 1. The van der Waals surface area contributed by atoms with Crippen molar-refractivity contribution in [2.24, 2.45) is 10.9 Å². The van der Waals surface area contributed by atoms with Crippen LogP contribution in [-0.2, 0) is 0 Å². The van der Waals surface area contributed by atoms with E-state index in [2.05, 4.69) is 65.1 Å². The number of piperidine rings is 1. The highest BCUT2D eigenvalue weighted by molar-refractivity contribution is 5.99. The van der Waals surface area contributed by atoms with Gasteiger partial charge in [-0.3, -0.25) is 0 Å². The second-order valence-corrected chi connectivity index (χ2v) is 9.30. The van der Waals surface area contributed by atoms with Gasteiger partial charge in [-0.25, -0.2) is 9.97 Å². The molecule has 2 N–H and O–H groups in total. The Bertz CT molecular complexity index is 1210. The molecule has 1 fully saturated rings. The summed E-state index contributed by atoms with van der Waals surface area (Å²) in [6, 6.07) is 10.00. The highest BCUT2D eigenvalue weighted by Gasteiger charge is 2.19. The topological polar surface area (TPSA) is 83.9 Å². The van der Waals surface area contributed by atoms with E-state index in [0.717, 1.165) is 53.6 Å². The normalized spacial score (nSPS) is 15.1. The van der Waals surface area contributed by atoms with Crippen molar-refractivity contribution < 1.29 is 9.47 Å². The van der Waals surface area contributed by atoms with E-state index in [0.29, 0.717) is 42.3 Å². The average Bonchev–Trinajstić information content (AvgIpc) is 2.88. The average molecular weight is 489 g/mol. The molecule has 0 amide bonds. The van der Waals surface area contributed by atoms with Gasteiger partial charge in [0.05, 0.1) is 19.2 Å². The third-order valence-electron chi connectivity index (χ3n) is 6.57. The first kappa shape index (κ1) is 25.4. The number of rotatable bonds is 8. The van der Waals surface area contributed by atoms with Crippen molar-refractivity contribution in [3.8, 4) is 11.5 Å². The minimum atomic E-state index is 0.533. The number of nitrogens with one attached hydrogen (secondary N) is 2. The Balaban J connectivity index is 1.64. The number of aromatic nitrogens is 2. The third-order valence-corrected chi connectivity index (χ3v) is 6.57. The number of methoxy groups -OCH3 is 1. The minimum absolute atomic E-state index is 0.533. The summed E-state index contributed by atoms with van der Waals surface area (Å²) in [6.07, 6.45) is 5.60. The van der Waals surface area contributed by atoms with Gasteiger partial charge < -0.3 is 25.0 Å². The second kappa shape index (κ2) is 11.9. The molecule has 0 bridgehead atoms. The van der Waals surface area contributed by atoms with Crippen LogP contribution in [-0.4, -0.2) is 61.2 Å². The molecule has 0 atom stereocenters. The number of fused-ring (bicyclic) bond motifs is 1. The predicted octanol–water partition coefficient (Wildman–Crippen LogP) is 4.85. The number of aryl methyl sites for hydroxylation is 2. The van der Waals surface area contributed by atoms with E-state index in [9.17, 15) is 0 Å². The van der Waals surface area contributed by atoms with Gasteiger partial charge in [0.1, 0.15) is 6.33 Å². The summed E-state index contributed by atoms with van der Waals surface area (Å²) in [5, 5.41) is 7.50. The molecule has 3 aromatic rings. The molecular weight excluding hydrogens is 452 g/mol. The number of nitrogens with zero attached hydrogens (tertiary/aromatic N) is 4. The predicted molar refractivity (Wildman–Crippen MR) is 147 cm³/mol. The number of hydrogen-bond acceptors (Lipinski definition) is 6. The number of benzene rings is 2. The third kappa shape index (κ3) is 6.12. The molecule has 2 heterocycles. The first-order valence-electron chi connectivity index (χ1n) is 12.4. The van der Waals surface area contributed by atoms with E-state index in [1.54, 1.807) is 13.2 Å². The van der Waals surface area contributed by atoms with Gasteiger partial charge >= 0.3 is 0 Å². The van der Waals surface area contributed by atoms with Crippen LogP contribution in [0.5, 0.6) is 11.5 Å². The molecule has 0 unspecified atom stereocenters. The van der Waals surface area contributed by atoms with Gasteiger partial charge in [0.25, 0.3) is 0 Å². The quantitative estimate of drug-likeness (QED) is 0.266.